The molecule has 0 heterocycles. The minimum Gasteiger partial charge on any atom is -0.496 e. The lowest BCUT2D eigenvalue weighted by Crippen LogP contribution is -2.05. The second-order valence-corrected chi connectivity index (χ2v) is 6.86. The van der Waals surface area contributed by atoms with Crippen molar-refractivity contribution in [1.82, 2.24) is 0 Å². The number of ether oxygens (including phenoxy) is 1. The number of carbonyl (C=O) groups is 1. The van der Waals surface area contributed by atoms with E-state index in [-0.39, 0.29) is 5.97 Å². The first kappa shape index (κ1) is 22.2. The molecule has 4 heteroatoms. The van der Waals surface area contributed by atoms with Gasteiger partial charge < -0.3 is 9.57 Å². The average Bonchev–Trinajstić information content (AvgIpc) is 2.65. The van der Waals surface area contributed by atoms with E-state index < -0.39 is 0 Å². The molecule has 0 atom stereocenters. The van der Waals surface area contributed by atoms with E-state index in [4.69, 9.17) is 9.57 Å². The fourth-order valence-electron chi connectivity index (χ4n) is 2.91. The molecular formula is C22H35NO3. The fraction of sp³-hybridized carbons (Fsp3) is 0.636. The van der Waals surface area contributed by atoms with Gasteiger partial charge in [0.25, 0.3) is 0 Å². The maximum atomic E-state index is 11.8. The molecule has 26 heavy (non-hydrogen) atoms. The largest absolute Gasteiger partial charge is 0.496 e. The van der Waals surface area contributed by atoms with Crippen LogP contribution in [-0.4, -0.2) is 18.8 Å². The van der Waals surface area contributed by atoms with E-state index in [2.05, 4.69) is 12.1 Å². The third-order valence-electron chi connectivity index (χ3n) is 4.43. The van der Waals surface area contributed by atoms with Gasteiger partial charge in [-0.1, -0.05) is 81.6 Å². The summed E-state index contributed by atoms with van der Waals surface area (Å²) in [6.07, 6.45) is 12.2. The van der Waals surface area contributed by atoms with Crippen molar-refractivity contribution in [3.05, 3.63) is 29.8 Å². The number of benzene rings is 1. The topological polar surface area (TPSA) is 47.9 Å². The zero-order chi connectivity index (χ0) is 19.0. The second-order valence-electron chi connectivity index (χ2n) is 6.86. The monoisotopic (exact) mass is 361 g/mol. The van der Waals surface area contributed by atoms with Gasteiger partial charge in [0.15, 0.2) is 0 Å². The van der Waals surface area contributed by atoms with E-state index in [1.54, 1.807) is 7.11 Å². The molecule has 0 fully saturated rings. The lowest BCUT2D eigenvalue weighted by Gasteiger charge is -2.07. The Morgan fingerprint density at radius 1 is 0.962 bits per heavy atom. The third kappa shape index (κ3) is 10.2. The minimum atomic E-state index is -0.243. The fourth-order valence-corrected chi connectivity index (χ4v) is 2.91. The molecule has 4 nitrogen and oxygen atoms in total. The van der Waals surface area contributed by atoms with E-state index in [0.29, 0.717) is 12.8 Å². The predicted molar refractivity (Wildman–Crippen MR) is 108 cm³/mol. The summed E-state index contributed by atoms with van der Waals surface area (Å²) < 4.78 is 5.32. The quantitative estimate of drug-likeness (QED) is 0.175. The Hall–Kier alpha value is -1.84. The van der Waals surface area contributed by atoms with Crippen molar-refractivity contribution in [2.24, 2.45) is 5.16 Å². The lowest BCUT2D eigenvalue weighted by molar-refractivity contribution is -0.143. The van der Waals surface area contributed by atoms with Crippen LogP contribution in [0.25, 0.3) is 0 Å². The smallest absolute Gasteiger partial charge is 0.335 e. The Morgan fingerprint density at radius 2 is 1.58 bits per heavy atom. The first-order valence-corrected chi connectivity index (χ1v) is 10.0. The average molecular weight is 362 g/mol. The molecule has 0 radical (unpaired) electrons. The second kappa shape index (κ2) is 14.3. The Bertz CT molecular complexity index is 540. The Morgan fingerprint density at radius 3 is 2.23 bits per heavy atom. The van der Waals surface area contributed by atoms with Crippen molar-refractivity contribution < 1.29 is 14.4 Å². The standard InChI is InChI=1S/C22H35NO3/c1-4-5-6-7-8-9-10-11-12-17-22(24)26-23-19(2)18-20-15-13-14-16-21(20)25-3/h13-16H,4-12,17-18H2,1-3H3/b23-19-. The normalized spacial score (nSPS) is 11.4. The van der Waals surface area contributed by atoms with E-state index in [1.807, 2.05) is 31.2 Å². The van der Waals surface area contributed by atoms with Crippen molar-refractivity contribution >= 4 is 11.7 Å². The van der Waals surface area contributed by atoms with Crippen LogP contribution in [0, 0.1) is 0 Å². The van der Waals surface area contributed by atoms with Gasteiger partial charge in [0, 0.05) is 12.8 Å². The minimum absolute atomic E-state index is 0.243. The molecule has 0 aliphatic carbocycles. The highest BCUT2D eigenvalue weighted by molar-refractivity contribution is 5.85. The van der Waals surface area contributed by atoms with Crippen LogP contribution in [0.3, 0.4) is 0 Å². The highest BCUT2D eigenvalue weighted by atomic mass is 16.7. The Labute approximate surface area is 159 Å². The summed E-state index contributed by atoms with van der Waals surface area (Å²) in [6, 6.07) is 7.79. The molecule has 0 aliphatic heterocycles. The number of hydrogen-bond donors (Lipinski definition) is 0. The van der Waals surface area contributed by atoms with Crippen LogP contribution in [0.1, 0.15) is 83.6 Å². The molecule has 0 aromatic heterocycles. The maximum Gasteiger partial charge on any atom is 0.335 e. The molecule has 146 valence electrons. The zero-order valence-corrected chi connectivity index (χ0v) is 16.8. The summed E-state index contributed by atoms with van der Waals surface area (Å²) in [7, 11) is 1.65. The van der Waals surface area contributed by atoms with E-state index in [0.717, 1.165) is 29.9 Å². The number of carbonyl (C=O) groups excluding carboxylic acids is 1. The Balaban J connectivity index is 2.14. The lowest BCUT2D eigenvalue weighted by atomic mass is 10.1. The van der Waals surface area contributed by atoms with E-state index in [9.17, 15) is 4.79 Å². The third-order valence-corrected chi connectivity index (χ3v) is 4.43. The molecule has 0 unspecified atom stereocenters. The molecule has 1 rings (SSSR count). The highest BCUT2D eigenvalue weighted by Gasteiger charge is 2.06. The number of oxime groups is 1. The zero-order valence-electron chi connectivity index (χ0n) is 16.8. The number of nitrogens with zero attached hydrogens (tertiary/aromatic N) is 1. The van der Waals surface area contributed by atoms with Crippen molar-refractivity contribution in [3.8, 4) is 5.75 Å². The molecule has 0 saturated carbocycles. The summed E-state index contributed by atoms with van der Waals surface area (Å²) in [4.78, 5) is 16.8. The molecule has 0 saturated heterocycles. The first-order chi connectivity index (χ1) is 12.7. The van der Waals surface area contributed by atoms with Crippen LogP contribution in [0.4, 0.5) is 0 Å². The van der Waals surface area contributed by atoms with Crippen LogP contribution in [0.15, 0.2) is 29.4 Å². The molecule has 0 N–H and O–H groups in total. The van der Waals surface area contributed by atoms with Crippen LogP contribution >= 0.6 is 0 Å². The van der Waals surface area contributed by atoms with Crippen molar-refractivity contribution in [3.63, 3.8) is 0 Å². The number of methoxy groups -OCH3 is 1. The predicted octanol–water partition coefficient (Wildman–Crippen LogP) is 6.08. The molecule has 1 aromatic carbocycles. The van der Waals surface area contributed by atoms with Crippen molar-refractivity contribution in [2.75, 3.05) is 7.11 Å². The van der Waals surface area contributed by atoms with Gasteiger partial charge in [-0.2, -0.15) is 0 Å². The van der Waals surface area contributed by atoms with Crippen molar-refractivity contribution in [2.45, 2.75) is 84.5 Å². The number of unbranched alkanes of at least 4 members (excludes halogenated alkanes) is 8. The summed E-state index contributed by atoms with van der Waals surface area (Å²) >= 11 is 0. The van der Waals surface area contributed by atoms with Crippen molar-refractivity contribution in [1.29, 1.82) is 0 Å². The van der Waals surface area contributed by atoms with Crippen LogP contribution in [0.5, 0.6) is 5.75 Å². The van der Waals surface area contributed by atoms with Crippen LogP contribution in [0.2, 0.25) is 0 Å². The number of para-hydroxylation sites is 1. The number of rotatable bonds is 14. The molecule has 0 spiro atoms. The first-order valence-electron chi connectivity index (χ1n) is 10.0. The van der Waals surface area contributed by atoms with Gasteiger partial charge in [0.05, 0.1) is 12.8 Å². The van der Waals surface area contributed by atoms with E-state index >= 15 is 0 Å². The molecular weight excluding hydrogens is 326 g/mol. The van der Waals surface area contributed by atoms with E-state index in [1.165, 1.54) is 44.9 Å². The molecule has 0 bridgehead atoms. The van der Waals surface area contributed by atoms with Gasteiger partial charge in [-0.05, 0) is 25.0 Å². The SMILES string of the molecule is CCCCCCCCCCCC(=O)O/N=C(/C)Cc1ccccc1OC. The van der Waals surface area contributed by atoms with Gasteiger partial charge in [-0.3, -0.25) is 0 Å². The van der Waals surface area contributed by atoms with Crippen LogP contribution < -0.4 is 4.74 Å². The van der Waals surface area contributed by atoms with Gasteiger partial charge in [0.1, 0.15) is 5.75 Å². The maximum absolute atomic E-state index is 11.8. The number of hydrogen-bond acceptors (Lipinski definition) is 4. The summed E-state index contributed by atoms with van der Waals surface area (Å²) in [5.41, 5.74) is 1.79. The van der Waals surface area contributed by atoms with Crippen LogP contribution in [-0.2, 0) is 16.1 Å². The summed E-state index contributed by atoms with van der Waals surface area (Å²) in [5.74, 6) is 0.579. The Kier molecular flexibility index (Phi) is 12.2. The highest BCUT2D eigenvalue weighted by Crippen LogP contribution is 2.18. The summed E-state index contributed by atoms with van der Waals surface area (Å²) in [5, 5.41) is 3.96. The van der Waals surface area contributed by atoms with Gasteiger partial charge in [-0.25, -0.2) is 4.79 Å². The van der Waals surface area contributed by atoms with Gasteiger partial charge >= 0.3 is 5.97 Å². The molecule has 0 amide bonds. The molecule has 1 aromatic rings. The van der Waals surface area contributed by atoms with Gasteiger partial charge in [0.2, 0.25) is 0 Å². The van der Waals surface area contributed by atoms with Gasteiger partial charge in [-0.15, -0.1) is 0 Å². The summed E-state index contributed by atoms with van der Waals surface area (Å²) in [6.45, 7) is 4.10. The molecule has 0 aliphatic rings.